The fourth-order valence-corrected chi connectivity index (χ4v) is 4.04. The third-order valence-corrected chi connectivity index (χ3v) is 5.67. The summed E-state index contributed by atoms with van der Waals surface area (Å²) in [5.41, 5.74) is 1.67. The minimum atomic E-state index is -3.60. The van der Waals surface area contributed by atoms with Crippen molar-refractivity contribution in [2.24, 2.45) is 0 Å². The van der Waals surface area contributed by atoms with E-state index in [1.54, 1.807) is 17.8 Å². The van der Waals surface area contributed by atoms with Gasteiger partial charge in [-0.1, -0.05) is 30.3 Å². The van der Waals surface area contributed by atoms with Crippen LogP contribution in [0.3, 0.4) is 0 Å². The normalized spacial score (nSPS) is 13.2. The van der Waals surface area contributed by atoms with Crippen LogP contribution in [-0.4, -0.2) is 78.9 Å². The molecule has 1 atom stereocenters. The van der Waals surface area contributed by atoms with E-state index in [-0.39, 0.29) is 30.7 Å². The largest absolute Gasteiger partial charge is 0.394 e. The van der Waals surface area contributed by atoms with E-state index < -0.39 is 15.9 Å². The Balaban J connectivity index is 2.33. The molecule has 0 radical (unpaired) electrons. The Morgan fingerprint density at radius 2 is 2.00 bits per heavy atom. The molecule has 2 N–H and O–H groups in total. The van der Waals surface area contributed by atoms with Gasteiger partial charge < -0.3 is 19.5 Å². The minimum absolute atomic E-state index is 0.00881. The molecule has 0 amide bonds. The molecule has 1 heterocycles. The van der Waals surface area contributed by atoms with Crippen molar-refractivity contribution in [3.63, 3.8) is 0 Å². The van der Waals surface area contributed by atoms with Gasteiger partial charge in [-0.05, 0) is 12.6 Å². The van der Waals surface area contributed by atoms with Gasteiger partial charge >= 0.3 is 0 Å². The summed E-state index contributed by atoms with van der Waals surface area (Å²) in [5.74, 6) is -0.145. The van der Waals surface area contributed by atoms with E-state index in [2.05, 4.69) is 4.98 Å². The lowest BCUT2D eigenvalue weighted by atomic mass is 10.2. The van der Waals surface area contributed by atoms with Crippen LogP contribution in [0.4, 0.5) is 0 Å². The highest BCUT2D eigenvalue weighted by atomic mass is 32.2. The smallest absolute Gasteiger partial charge is 0.228 e. The third-order valence-electron chi connectivity index (χ3n) is 4.08. The molecule has 0 saturated heterocycles. The lowest BCUT2D eigenvalue weighted by molar-refractivity contribution is 0.0642. The molecule has 27 heavy (non-hydrogen) atoms. The topological polar surface area (TPSA) is 105 Å². The Morgan fingerprint density at radius 1 is 1.30 bits per heavy atom. The van der Waals surface area contributed by atoms with Gasteiger partial charge in [-0.25, -0.2) is 13.4 Å². The standard InChI is InChI=1S/C18H27N3O5S/c1-20(13-17(23)14-22)12-16-10-19-18(27(24,25)9-8-26-2)21(16)11-15-6-4-3-5-7-15/h3-7,10,17,22-23H,8-9,11-14H2,1-2H3/t17-/m1/s1. The molecule has 0 aliphatic heterocycles. The lowest BCUT2D eigenvalue weighted by Gasteiger charge is -2.20. The fraction of sp³-hybridized carbons (Fsp3) is 0.500. The molecular formula is C18H27N3O5S. The van der Waals surface area contributed by atoms with E-state index in [0.29, 0.717) is 18.8 Å². The molecule has 0 aliphatic rings. The fourth-order valence-electron chi connectivity index (χ4n) is 2.74. The second kappa shape index (κ2) is 9.95. The first-order chi connectivity index (χ1) is 12.9. The van der Waals surface area contributed by atoms with Gasteiger partial charge in [0, 0.05) is 20.2 Å². The van der Waals surface area contributed by atoms with Crippen LogP contribution < -0.4 is 0 Å². The van der Waals surface area contributed by atoms with Crippen LogP contribution >= 0.6 is 0 Å². The number of likely N-dealkylation sites (N-methyl/N-ethyl adjacent to an activating group) is 1. The molecule has 8 nitrogen and oxygen atoms in total. The second-order valence-corrected chi connectivity index (χ2v) is 8.45. The molecule has 2 aromatic rings. The summed E-state index contributed by atoms with van der Waals surface area (Å²) in [5, 5.41) is 18.6. The van der Waals surface area contributed by atoms with E-state index in [4.69, 9.17) is 9.84 Å². The van der Waals surface area contributed by atoms with Crippen LogP contribution in [0.25, 0.3) is 0 Å². The predicted molar refractivity (Wildman–Crippen MR) is 101 cm³/mol. The van der Waals surface area contributed by atoms with E-state index in [1.165, 1.54) is 7.11 Å². The summed E-state index contributed by atoms with van der Waals surface area (Å²) in [6.45, 7) is 0.784. The number of hydrogen-bond acceptors (Lipinski definition) is 7. The summed E-state index contributed by atoms with van der Waals surface area (Å²) in [6, 6.07) is 9.55. The number of aliphatic hydroxyl groups excluding tert-OH is 2. The van der Waals surface area contributed by atoms with Crippen molar-refractivity contribution in [2.45, 2.75) is 24.3 Å². The lowest BCUT2D eigenvalue weighted by Crippen LogP contribution is -2.31. The van der Waals surface area contributed by atoms with E-state index in [9.17, 15) is 13.5 Å². The van der Waals surface area contributed by atoms with Crippen LogP contribution in [0.15, 0.2) is 41.7 Å². The summed E-state index contributed by atoms with van der Waals surface area (Å²) >= 11 is 0. The number of methoxy groups -OCH3 is 1. The van der Waals surface area contributed by atoms with Crippen molar-refractivity contribution >= 4 is 9.84 Å². The maximum Gasteiger partial charge on any atom is 0.228 e. The Bertz CT molecular complexity index is 808. The van der Waals surface area contributed by atoms with E-state index in [1.807, 2.05) is 35.2 Å². The van der Waals surface area contributed by atoms with Gasteiger partial charge in [0.1, 0.15) is 0 Å². The van der Waals surface area contributed by atoms with Gasteiger partial charge in [0.05, 0.1) is 43.5 Å². The van der Waals surface area contributed by atoms with Gasteiger partial charge in [-0.3, -0.25) is 4.90 Å². The molecule has 0 spiro atoms. The molecule has 0 aliphatic carbocycles. The number of aliphatic hydroxyl groups is 2. The molecule has 0 bridgehead atoms. The SMILES string of the molecule is COCCS(=O)(=O)c1ncc(CN(C)C[C@@H](O)CO)n1Cc1ccccc1. The Hall–Kier alpha value is -1.78. The van der Waals surface area contributed by atoms with Crippen LogP contribution in [0.5, 0.6) is 0 Å². The summed E-state index contributed by atoms with van der Waals surface area (Å²) < 4.78 is 31.9. The van der Waals surface area contributed by atoms with Crippen molar-refractivity contribution in [1.29, 1.82) is 0 Å². The van der Waals surface area contributed by atoms with Gasteiger partial charge in [0.25, 0.3) is 0 Å². The van der Waals surface area contributed by atoms with E-state index >= 15 is 0 Å². The van der Waals surface area contributed by atoms with Crippen LogP contribution in [-0.2, 0) is 27.7 Å². The number of rotatable bonds is 11. The number of ether oxygens (including phenoxy) is 1. The monoisotopic (exact) mass is 397 g/mol. The van der Waals surface area contributed by atoms with Crippen molar-refractivity contribution in [3.05, 3.63) is 47.8 Å². The molecule has 1 aromatic heterocycles. The van der Waals surface area contributed by atoms with Crippen molar-refractivity contribution in [1.82, 2.24) is 14.5 Å². The summed E-state index contributed by atoms with van der Waals surface area (Å²) in [6.07, 6.45) is 0.690. The molecular weight excluding hydrogens is 370 g/mol. The Labute approximate surface area is 159 Å². The van der Waals surface area contributed by atoms with Crippen molar-refractivity contribution in [3.8, 4) is 0 Å². The first-order valence-electron chi connectivity index (χ1n) is 8.65. The Kier molecular flexibility index (Phi) is 7.93. The zero-order chi connectivity index (χ0) is 19.9. The zero-order valence-electron chi connectivity index (χ0n) is 15.7. The van der Waals surface area contributed by atoms with E-state index in [0.717, 1.165) is 5.56 Å². The highest BCUT2D eigenvalue weighted by Crippen LogP contribution is 2.17. The number of hydrogen-bond donors (Lipinski definition) is 2. The molecule has 0 saturated carbocycles. The molecule has 0 unspecified atom stereocenters. The summed E-state index contributed by atoms with van der Waals surface area (Å²) in [4.78, 5) is 5.98. The number of nitrogens with zero attached hydrogens (tertiary/aromatic N) is 3. The first kappa shape index (κ1) is 21.5. The quantitative estimate of drug-likeness (QED) is 0.555. The van der Waals surface area contributed by atoms with Gasteiger partial charge in [0.2, 0.25) is 15.0 Å². The average molecular weight is 397 g/mol. The zero-order valence-corrected chi connectivity index (χ0v) is 16.5. The molecule has 1 aromatic carbocycles. The van der Waals surface area contributed by atoms with Crippen LogP contribution in [0, 0.1) is 0 Å². The summed E-state index contributed by atoms with van der Waals surface area (Å²) in [7, 11) is -0.350. The Morgan fingerprint density at radius 3 is 2.63 bits per heavy atom. The highest BCUT2D eigenvalue weighted by Gasteiger charge is 2.24. The number of aromatic nitrogens is 2. The molecule has 150 valence electrons. The van der Waals surface area contributed by atoms with Gasteiger partial charge in [-0.2, -0.15) is 0 Å². The van der Waals surface area contributed by atoms with Crippen LogP contribution in [0.2, 0.25) is 0 Å². The number of benzene rings is 1. The van der Waals surface area contributed by atoms with Crippen molar-refractivity contribution in [2.75, 3.05) is 39.7 Å². The average Bonchev–Trinajstić information content (AvgIpc) is 3.03. The molecule has 0 fully saturated rings. The number of imidazole rings is 1. The molecule has 2 rings (SSSR count). The molecule has 9 heteroatoms. The number of sulfone groups is 1. The highest BCUT2D eigenvalue weighted by molar-refractivity contribution is 7.91. The van der Waals surface area contributed by atoms with Crippen molar-refractivity contribution < 1.29 is 23.4 Å². The maximum atomic E-state index is 12.7. The van der Waals surface area contributed by atoms with Gasteiger partial charge in [0.15, 0.2) is 0 Å². The van der Waals surface area contributed by atoms with Crippen LogP contribution in [0.1, 0.15) is 11.3 Å². The predicted octanol–water partition coefficient (Wildman–Crippen LogP) is 0.137. The minimum Gasteiger partial charge on any atom is -0.394 e. The maximum absolute atomic E-state index is 12.7. The first-order valence-corrected chi connectivity index (χ1v) is 10.3. The second-order valence-electron chi connectivity index (χ2n) is 6.45. The third kappa shape index (κ3) is 6.12. The van der Waals surface area contributed by atoms with Gasteiger partial charge in [-0.15, -0.1) is 0 Å².